The van der Waals surface area contributed by atoms with Crippen LogP contribution in [0.1, 0.15) is 58.3 Å². The van der Waals surface area contributed by atoms with Gasteiger partial charge in [-0.3, -0.25) is 4.98 Å². The third-order valence-electron chi connectivity index (χ3n) is 8.14. The number of terminal acetylenes is 1. The molecule has 0 amide bonds. The Morgan fingerprint density at radius 3 is 2.20 bits per heavy atom. The fourth-order valence-corrected chi connectivity index (χ4v) is 5.51. The average Bonchev–Trinajstić information content (AvgIpc) is 3.25. The molecule has 320 valence electrons. The highest BCUT2D eigenvalue weighted by atomic mass is 35.5. The van der Waals surface area contributed by atoms with Crippen LogP contribution in [0, 0.1) is 18.2 Å². The lowest BCUT2D eigenvalue weighted by molar-refractivity contribution is -0.151. The van der Waals surface area contributed by atoms with E-state index in [9.17, 15) is 14.0 Å². The van der Waals surface area contributed by atoms with Gasteiger partial charge >= 0.3 is 11.9 Å². The molecule has 0 aliphatic carbocycles. The highest BCUT2D eigenvalue weighted by molar-refractivity contribution is 6.35. The standard InChI is InChI=1S/C18H22ClNO3.C17H13ClFNO4.C10H14O3/c1-3-4-5-7-13(2)23-17(21)12-22-16-10-9-15(19)14-8-6-11-20-18(14)16;1-3-8-22-17(21)11(2)23-13-4-6-14(7-5-13)24-16-15(19)9-12(18)10-20-16;1-11-9-6-4-8(5-7-9)10(12-2)13-3/h6,8-11,13H,3-5,7,12H2,1-2H3;1,4-7,9-11H,8H2,2H3;4-7,10H,1-3H3/t;11-;/m.1./s1. The van der Waals surface area contributed by atoms with E-state index in [1.54, 1.807) is 63.9 Å². The van der Waals surface area contributed by atoms with E-state index < -0.39 is 17.9 Å². The number of carbonyl (C=O) groups is 2. The van der Waals surface area contributed by atoms with Crippen molar-refractivity contribution in [1.29, 1.82) is 0 Å². The Hall–Kier alpha value is -5.65. The summed E-state index contributed by atoms with van der Waals surface area (Å²) in [5.74, 6) is 2.51. The van der Waals surface area contributed by atoms with E-state index in [2.05, 4.69) is 22.8 Å². The van der Waals surface area contributed by atoms with E-state index in [4.69, 9.17) is 67.5 Å². The lowest BCUT2D eigenvalue weighted by atomic mass is 10.1. The molecule has 3 aromatic carbocycles. The number of rotatable bonds is 18. The average molecular weight is 868 g/mol. The number of pyridine rings is 2. The van der Waals surface area contributed by atoms with Crippen molar-refractivity contribution < 1.29 is 51.9 Å². The topological polar surface area (TPSA) is 134 Å². The zero-order valence-electron chi connectivity index (χ0n) is 34.3. The highest BCUT2D eigenvalue weighted by Gasteiger charge is 2.17. The van der Waals surface area contributed by atoms with Crippen LogP contribution in [0.3, 0.4) is 0 Å². The van der Waals surface area contributed by atoms with Gasteiger partial charge in [0.05, 0.1) is 23.3 Å². The lowest BCUT2D eigenvalue weighted by Gasteiger charge is -2.14. The maximum atomic E-state index is 13.6. The summed E-state index contributed by atoms with van der Waals surface area (Å²) in [4.78, 5) is 31.4. The quantitative estimate of drug-likeness (QED) is 0.0359. The number of hydrogen-bond donors (Lipinski definition) is 0. The largest absolute Gasteiger partial charge is 0.497 e. The number of methoxy groups -OCH3 is 3. The summed E-state index contributed by atoms with van der Waals surface area (Å²) in [7, 11) is 4.86. The Morgan fingerprint density at radius 2 is 1.57 bits per heavy atom. The van der Waals surface area contributed by atoms with Gasteiger partial charge in [-0.1, -0.05) is 61.0 Å². The molecule has 12 nitrogen and oxygen atoms in total. The lowest BCUT2D eigenvalue weighted by Crippen LogP contribution is -2.26. The second-order valence-corrected chi connectivity index (χ2v) is 13.5. The summed E-state index contributed by atoms with van der Waals surface area (Å²) in [6.07, 6.45) is 11.0. The van der Waals surface area contributed by atoms with Crippen molar-refractivity contribution in [3.05, 3.63) is 113 Å². The predicted octanol–water partition coefficient (Wildman–Crippen LogP) is 10.4. The molecule has 2 aromatic heterocycles. The van der Waals surface area contributed by atoms with Gasteiger partial charge in [0.1, 0.15) is 28.5 Å². The van der Waals surface area contributed by atoms with Crippen molar-refractivity contribution in [2.45, 2.75) is 65.0 Å². The van der Waals surface area contributed by atoms with Crippen molar-refractivity contribution >= 4 is 46.0 Å². The number of ether oxygens (including phenoxy) is 8. The SMILES string of the molecule is C#CCOC(=O)[C@@H](C)Oc1ccc(Oc2ncc(Cl)cc2F)cc1.CCCCCC(C)OC(=O)COc1ccc(Cl)c2cccnc12.COc1ccc(C(OC)OC)cc1. The maximum Gasteiger partial charge on any atom is 0.347 e. The molecule has 5 rings (SSSR count). The molecule has 0 spiro atoms. The number of fused-ring (bicyclic) bond motifs is 1. The van der Waals surface area contributed by atoms with Crippen LogP contribution < -0.4 is 18.9 Å². The van der Waals surface area contributed by atoms with Gasteiger partial charge in [-0.25, -0.2) is 19.0 Å². The minimum atomic E-state index is -0.819. The van der Waals surface area contributed by atoms with E-state index in [0.29, 0.717) is 27.8 Å². The van der Waals surface area contributed by atoms with Crippen LogP contribution in [-0.4, -0.2) is 68.7 Å². The van der Waals surface area contributed by atoms with E-state index >= 15 is 0 Å². The fraction of sp³-hybridized carbons (Fsp3) is 0.333. The van der Waals surface area contributed by atoms with E-state index in [1.165, 1.54) is 13.1 Å². The molecule has 5 aromatic rings. The molecule has 0 fully saturated rings. The molecule has 0 saturated heterocycles. The molecule has 2 heterocycles. The van der Waals surface area contributed by atoms with E-state index in [1.807, 2.05) is 43.3 Å². The number of halogens is 3. The number of benzene rings is 3. The first-order chi connectivity index (χ1) is 28.9. The molecule has 0 N–H and O–H groups in total. The van der Waals surface area contributed by atoms with Crippen LogP contribution in [0.4, 0.5) is 4.39 Å². The third-order valence-corrected chi connectivity index (χ3v) is 8.68. The maximum absolute atomic E-state index is 13.6. The molecule has 0 aliphatic rings. The van der Waals surface area contributed by atoms with Crippen LogP contribution in [0.5, 0.6) is 28.9 Å². The van der Waals surface area contributed by atoms with Crippen LogP contribution in [0.2, 0.25) is 10.0 Å². The number of aromatic nitrogens is 2. The molecule has 2 atom stereocenters. The van der Waals surface area contributed by atoms with Crippen molar-refractivity contribution in [3.63, 3.8) is 0 Å². The van der Waals surface area contributed by atoms with Crippen molar-refractivity contribution in [2.75, 3.05) is 34.5 Å². The normalized spacial score (nSPS) is 11.4. The number of unbranched alkanes of at least 4 members (excludes halogenated alkanes) is 2. The Morgan fingerprint density at radius 1 is 0.883 bits per heavy atom. The molecule has 0 radical (unpaired) electrons. The first-order valence-electron chi connectivity index (χ1n) is 18.8. The molecule has 0 saturated carbocycles. The second-order valence-electron chi connectivity index (χ2n) is 12.7. The summed E-state index contributed by atoms with van der Waals surface area (Å²) >= 11 is 11.8. The first kappa shape index (κ1) is 48.7. The van der Waals surface area contributed by atoms with Crippen molar-refractivity contribution in [2.24, 2.45) is 0 Å². The molecule has 0 bridgehead atoms. The molecular formula is C45H49Cl2FN2O10. The second kappa shape index (κ2) is 26.4. The Kier molecular flexibility index (Phi) is 21.5. The van der Waals surface area contributed by atoms with Crippen LogP contribution in [0.15, 0.2) is 91.3 Å². The van der Waals surface area contributed by atoms with Gasteiger partial charge in [0.15, 0.2) is 31.4 Å². The number of esters is 2. The van der Waals surface area contributed by atoms with Crippen LogP contribution >= 0.6 is 23.2 Å². The summed E-state index contributed by atoms with van der Waals surface area (Å²) in [5, 5.41) is 1.58. The molecule has 15 heteroatoms. The smallest absolute Gasteiger partial charge is 0.347 e. The van der Waals surface area contributed by atoms with Crippen molar-refractivity contribution in [1.82, 2.24) is 9.97 Å². The number of nitrogens with zero attached hydrogens (tertiary/aromatic N) is 2. The van der Waals surface area contributed by atoms with Gasteiger partial charge in [0.25, 0.3) is 5.88 Å². The summed E-state index contributed by atoms with van der Waals surface area (Å²) < 4.78 is 55.2. The Balaban J connectivity index is 0.000000251. The molecule has 0 aliphatic heterocycles. The zero-order chi connectivity index (χ0) is 43.9. The van der Waals surface area contributed by atoms with Gasteiger partial charge in [-0.15, -0.1) is 6.42 Å². The van der Waals surface area contributed by atoms with E-state index in [0.717, 1.165) is 48.4 Å². The summed E-state index contributed by atoms with van der Waals surface area (Å²) in [6, 6.07) is 22.0. The fourth-order valence-electron chi connectivity index (χ4n) is 5.15. The van der Waals surface area contributed by atoms with Crippen LogP contribution in [0.25, 0.3) is 10.9 Å². The van der Waals surface area contributed by atoms with Crippen LogP contribution in [-0.2, 0) is 28.5 Å². The summed E-state index contributed by atoms with van der Waals surface area (Å²) in [6.45, 7) is 5.35. The monoisotopic (exact) mass is 866 g/mol. The van der Waals surface area contributed by atoms with E-state index in [-0.39, 0.29) is 42.5 Å². The number of carbonyl (C=O) groups excluding carboxylic acids is 2. The number of hydrogen-bond acceptors (Lipinski definition) is 12. The third kappa shape index (κ3) is 16.5. The molecular weight excluding hydrogens is 818 g/mol. The summed E-state index contributed by atoms with van der Waals surface area (Å²) in [5.41, 5.74) is 1.62. The minimum absolute atomic E-state index is 0.0854. The highest BCUT2D eigenvalue weighted by Crippen LogP contribution is 2.30. The van der Waals surface area contributed by atoms with Gasteiger partial charge in [0.2, 0.25) is 0 Å². The van der Waals surface area contributed by atoms with Gasteiger partial charge in [-0.05, 0) is 93.4 Å². The van der Waals surface area contributed by atoms with Gasteiger partial charge in [-0.2, -0.15) is 0 Å². The first-order valence-corrected chi connectivity index (χ1v) is 19.6. The Bertz CT molecular complexity index is 2110. The minimum Gasteiger partial charge on any atom is -0.497 e. The molecule has 60 heavy (non-hydrogen) atoms. The van der Waals surface area contributed by atoms with Gasteiger partial charge in [0, 0.05) is 37.6 Å². The molecule has 1 unspecified atom stereocenters. The Labute approximate surface area is 360 Å². The van der Waals surface area contributed by atoms with Gasteiger partial charge < -0.3 is 37.9 Å². The predicted molar refractivity (Wildman–Crippen MR) is 227 cm³/mol. The zero-order valence-corrected chi connectivity index (χ0v) is 35.8. The van der Waals surface area contributed by atoms with Crippen molar-refractivity contribution in [3.8, 4) is 41.2 Å².